The van der Waals surface area contributed by atoms with E-state index in [1.54, 1.807) is 0 Å². The van der Waals surface area contributed by atoms with Crippen LogP contribution in [0, 0.1) is 0 Å². The molecule has 3 N–H and O–H groups in total. The average Bonchev–Trinajstić information content (AvgIpc) is 2.20. The van der Waals surface area contributed by atoms with Crippen LogP contribution in [0.4, 0.5) is 0 Å². The van der Waals surface area contributed by atoms with Crippen LogP contribution in [0.1, 0.15) is 18.5 Å². The summed E-state index contributed by atoms with van der Waals surface area (Å²) < 4.78 is 7.22. The zero-order chi connectivity index (χ0) is 11.4. The van der Waals surface area contributed by atoms with Crippen LogP contribution in [0.2, 0.25) is 0 Å². The molecule has 3 nitrogen and oxygen atoms in total. The number of benzene rings is 1. The van der Waals surface area contributed by atoms with Crippen molar-refractivity contribution in [3.63, 3.8) is 0 Å². The first-order valence-electron chi connectivity index (χ1n) is 4.58. The van der Waals surface area contributed by atoms with Gasteiger partial charge in [0.05, 0.1) is 23.7 Å². The predicted molar refractivity (Wildman–Crippen MR) is 67.0 cm³/mol. The van der Waals surface area contributed by atoms with Crippen molar-refractivity contribution in [2.75, 3.05) is 13.2 Å². The molecule has 0 aliphatic heterocycles. The summed E-state index contributed by atoms with van der Waals surface area (Å²) in [5, 5.41) is 9.05. The van der Waals surface area contributed by atoms with Gasteiger partial charge in [0.15, 0.2) is 0 Å². The van der Waals surface area contributed by atoms with Gasteiger partial charge in [0.1, 0.15) is 5.75 Å². The molecule has 0 aliphatic carbocycles. The van der Waals surface area contributed by atoms with Gasteiger partial charge in [-0.15, -0.1) is 0 Å². The Morgan fingerprint density at radius 3 is 2.67 bits per heavy atom. The van der Waals surface area contributed by atoms with Crippen LogP contribution in [-0.4, -0.2) is 18.3 Å². The molecule has 5 heteroatoms. The van der Waals surface area contributed by atoms with Crippen molar-refractivity contribution in [1.29, 1.82) is 0 Å². The van der Waals surface area contributed by atoms with Gasteiger partial charge in [0.25, 0.3) is 0 Å². The summed E-state index contributed by atoms with van der Waals surface area (Å²) >= 11 is 6.78. The quantitative estimate of drug-likeness (QED) is 0.887. The lowest BCUT2D eigenvalue weighted by molar-refractivity contribution is 0.261. The van der Waals surface area contributed by atoms with E-state index in [1.165, 1.54) is 0 Å². The van der Waals surface area contributed by atoms with E-state index in [2.05, 4.69) is 31.9 Å². The largest absolute Gasteiger partial charge is 0.492 e. The van der Waals surface area contributed by atoms with Gasteiger partial charge in [-0.2, -0.15) is 0 Å². The van der Waals surface area contributed by atoms with Crippen molar-refractivity contribution in [3.05, 3.63) is 26.6 Å². The Bertz CT molecular complexity index is 344. The molecule has 0 fully saturated rings. The number of rotatable bonds is 4. The van der Waals surface area contributed by atoms with Gasteiger partial charge in [-0.05, 0) is 35.0 Å². The molecular formula is C10H13Br2NO2. The highest BCUT2D eigenvalue weighted by molar-refractivity contribution is 9.11. The first-order chi connectivity index (χ1) is 7.10. The fraction of sp³-hybridized carbons (Fsp3) is 0.400. The van der Waals surface area contributed by atoms with Crippen LogP contribution in [0.15, 0.2) is 21.1 Å². The molecule has 84 valence electrons. The molecule has 1 aromatic carbocycles. The summed E-state index contributed by atoms with van der Waals surface area (Å²) in [7, 11) is 0. The van der Waals surface area contributed by atoms with Gasteiger partial charge >= 0.3 is 0 Å². The van der Waals surface area contributed by atoms with Crippen LogP contribution in [0.3, 0.4) is 0 Å². The predicted octanol–water partition coefficient (Wildman–Crippen LogP) is 2.60. The van der Waals surface area contributed by atoms with Gasteiger partial charge < -0.3 is 15.6 Å². The Morgan fingerprint density at radius 1 is 1.47 bits per heavy atom. The molecule has 0 saturated carbocycles. The molecule has 0 unspecified atom stereocenters. The van der Waals surface area contributed by atoms with E-state index in [0.717, 1.165) is 14.5 Å². The van der Waals surface area contributed by atoms with E-state index < -0.39 is 6.04 Å². The van der Waals surface area contributed by atoms with E-state index in [1.807, 2.05) is 19.1 Å². The van der Waals surface area contributed by atoms with Crippen LogP contribution in [-0.2, 0) is 0 Å². The topological polar surface area (TPSA) is 55.5 Å². The van der Waals surface area contributed by atoms with E-state index in [-0.39, 0.29) is 6.61 Å². The lowest BCUT2D eigenvalue weighted by Crippen LogP contribution is -2.16. The first-order valence-corrected chi connectivity index (χ1v) is 6.17. The minimum atomic E-state index is -0.430. The molecule has 0 saturated heterocycles. The fourth-order valence-corrected chi connectivity index (χ4v) is 2.62. The number of nitrogens with two attached hydrogens (primary N) is 1. The monoisotopic (exact) mass is 337 g/mol. The van der Waals surface area contributed by atoms with Crippen molar-refractivity contribution < 1.29 is 9.84 Å². The molecule has 15 heavy (non-hydrogen) atoms. The molecule has 0 amide bonds. The van der Waals surface area contributed by atoms with Gasteiger partial charge in [-0.1, -0.05) is 15.9 Å². The van der Waals surface area contributed by atoms with Crippen molar-refractivity contribution in [2.24, 2.45) is 5.73 Å². The second-order valence-electron chi connectivity index (χ2n) is 3.03. The maximum absolute atomic E-state index is 9.05. The van der Waals surface area contributed by atoms with Crippen LogP contribution < -0.4 is 10.5 Å². The van der Waals surface area contributed by atoms with Crippen molar-refractivity contribution in [2.45, 2.75) is 13.0 Å². The Morgan fingerprint density at radius 2 is 2.13 bits per heavy atom. The third-order valence-corrected chi connectivity index (χ3v) is 2.97. The molecule has 0 aliphatic rings. The number of hydrogen-bond donors (Lipinski definition) is 2. The molecule has 0 bridgehead atoms. The molecule has 0 spiro atoms. The molecule has 0 aromatic heterocycles. The Hall–Kier alpha value is -0.100. The van der Waals surface area contributed by atoms with Crippen LogP contribution in [0.5, 0.6) is 5.75 Å². The lowest BCUT2D eigenvalue weighted by atomic mass is 10.1. The third kappa shape index (κ3) is 3.17. The lowest BCUT2D eigenvalue weighted by Gasteiger charge is -2.16. The van der Waals surface area contributed by atoms with Gasteiger partial charge in [-0.25, -0.2) is 0 Å². The van der Waals surface area contributed by atoms with Gasteiger partial charge in [0.2, 0.25) is 0 Å². The number of halogens is 2. The SMILES string of the molecule is CCOc1c(Br)cc(Br)cc1[C@H](N)CO. The summed E-state index contributed by atoms with van der Waals surface area (Å²) in [6.07, 6.45) is 0. The minimum absolute atomic E-state index is 0.108. The molecule has 1 aromatic rings. The zero-order valence-corrected chi connectivity index (χ0v) is 11.5. The van der Waals surface area contributed by atoms with Gasteiger partial charge in [-0.3, -0.25) is 0 Å². The second-order valence-corrected chi connectivity index (χ2v) is 4.80. The number of aliphatic hydroxyl groups excluding tert-OH is 1. The average molecular weight is 339 g/mol. The third-order valence-electron chi connectivity index (χ3n) is 1.92. The van der Waals surface area contributed by atoms with E-state index >= 15 is 0 Å². The maximum atomic E-state index is 9.05. The fourth-order valence-electron chi connectivity index (χ4n) is 1.25. The normalized spacial score (nSPS) is 12.6. The Balaban J connectivity index is 3.20. The van der Waals surface area contributed by atoms with Crippen molar-refractivity contribution in [3.8, 4) is 5.75 Å². The van der Waals surface area contributed by atoms with Crippen LogP contribution >= 0.6 is 31.9 Å². The number of ether oxygens (including phenoxy) is 1. The van der Waals surface area contributed by atoms with E-state index in [0.29, 0.717) is 12.4 Å². The highest BCUT2D eigenvalue weighted by atomic mass is 79.9. The molecule has 0 radical (unpaired) electrons. The van der Waals surface area contributed by atoms with Crippen molar-refractivity contribution >= 4 is 31.9 Å². The van der Waals surface area contributed by atoms with Crippen LogP contribution in [0.25, 0.3) is 0 Å². The molecule has 0 heterocycles. The Labute approximate surface area is 106 Å². The van der Waals surface area contributed by atoms with Crippen molar-refractivity contribution in [1.82, 2.24) is 0 Å². The summed E-state index contributed by atoms with van der Waals surface area (Å²) in [6, 6.07) is 3.32. The summed E-state index contributed by atoms with van der Waals surface area (Å²) in [6.45, 7) is 2.36. The highest BCUT2D eigenvalue weighted by Crippen LogP contribution is 2.35. The maximum Gasteiger partial charge on any atom is 0.138 e. The van der Waals surface area contributed by atoms with Gasteiger partial charge in [0, 0.05) is 10.0 Å². The van der Waals surface area contributed by atoms with E-state index in [9.17, 15) is 0 Å². The first kappa shape index (κ1) is 13.0. The zero-order valence-electron chi connectivity index (χ0n) is 8.34. The van der Waals surface area contributed by atoms with E-state index in [4.69, 9.17) is 15.6 Å². The standard InChI is InChI=1S/C10H13Br2NO2/c1-2-15-10-7(9(13)5-14)3-6(11)4-8(10)12/h3-4,9,14H,2,5,13H2,1H3/t9-/m1/s1. The molecular weight excluding hydrogens is 326 g/mol. The smallest absolute Gasteiger partial charge is 0.138 e. The minimum Gasteiger partial charge on any atom is -0.492 e. The summed E-state index contributed by atoms with van der Waals surface area (Å²) in [4.78, 5) is 0. The summed E-state index contributed by atoms with van der Waals surface area (Å²) in [5.41, 5.74) is 6.58. The summed E-state index contributed by atoms with van der Waals surface area (Å²) in [5.74, 6) is 0.697. The highest BCUT2D eigenvalue weighted by Gasteiger charge is 2.15. The number of aliphatic hydroxyl groups is 1. The number of hydrogen-bond acceptors (Lipinski definition) is 3. The molecule has 1 atom stereocenters. The molecule has 1 rings (SSSR count). The Kier molecular flexibility index (Phi) is 5.05. The second kappa shape index (κ2) is 5.84.